The summed E-state index contributed by atoms with van der Waals surface area (Å²) in [7, 11) is 1.52. The Bertz CT molecular complexity index is 456. The fourth-order valence-corrected chi connectivity index (χ4v) is 1.92. The van der Waals surface area contributed by atoms with Crippen molar-refractivity contribution in [2.75, 3.05) is 13.7 Å². The van der Waals surface area contributed by atoms with Crippen LogP contribution in [0.3, 0.4) is 0 Å². The van der Waals surface area contributed by atoms with E-state index >= 15 is 0 Å². The molecule has 0 amide bonds. The van der Waals surface area contributed by atoms with Gasteiger partial charge in [-0.05, 0) is 38.0 Å². The van der Waals surface area contributed by atoms with Crippen molar-refractivity contribution in [2.45, 2.75) is 45.8 Å². The monoisotopic (exact) mass is 296 g/mol. The van der Waals surface area contributed by atoms with Gasteiger partial charge in [0.05, 0.1) is 19.8 Å². The number of carbonyl (C=O) groups is 1. The Morgan fingerprint density at radius 2 is 2.00 bits per heavy atom. The van der Waals surface area contributed by atoms with Gasteiger partial charge >= 0.3 is 5.97 Å². The number of hydrogen-bond donors (Lipinski definition) is 1. The largest absolute Gasteiger partial charge is 0.493 e. The molecule has 0 aliphatic heterocycles. The van der Waals surface area contributed by atoms with E-state index in [9.17, 15) is 9.90 Å². The van der Waals surface area contributed by atoms with Gasteiger partial charge in [0, 0.05) is 0 Å². The van der Waals surface area contributed by atoms with Crippen molar-refractivity contribution in [2.24, 2.45) is 0 Å². The highest BCUT2D eigenvalue weighted by atomic mass is 16.6. The van der Waals surface area contributed by atoms with Crippen molar-refractivity contribution in [1.82, 2.24) is 0 Å². The predicted octanol–water partition coefficient (Wildman–Crippen LogP) is 2.86. The molecule has 0 spiro atoms. The third-order valence-corrected chi connectivity index (χ3v) is 3.04. The van der Waals surface area contributed by atoms with Crippen molar-refractivity contribution < 1.29 is 24.1 Å². The van der Waals surface area contributed by atoms with Crippen LogP contribution in [-0.4, -0.2) is 30.9 Å². The fourth-order valence-electron chi connectivity index (χ4n) is 1.92. The minimum absolute atomic E-state index is 0.320. The number of benzene rings is 1. The van der Waals surface area contributed by atoms with E-state index in [1.165, 1.54) is 7.11 Å². The van der Waals surface area contributed by atoms with Crippen molar-refractivity contribution in [1.29, 1.82) is 0 Å². The van der Waals surface area contributed by atoms with E-state index in [-0.39, 0.29) is 5.97 Å². The van der Waals surface area contributed by atoms with E-state index in [0.29, 0.717) is 24.5 Å². The van der Waals surface area contributed by atoms with Gasteiger partial charge in [-0.2, -0.15) is 0 Å². The SMILES string of the molecule is CCCC(Oc1ccc(C(C)O)cc1OC)C(=O)OCC. The average Bonchev–Trinajstić information content (AvgIpc) is 2.47. The molecule has 0 saturated heterocycles. The summed E-state index contributed by atoms with van der Waals surface area (Å²) in [6.45, 7) is 5.73. The van der Waals surface area contributed by atoms with Crippen molar-refractivity contribution >= 4 is 5.97 Å². The Hall–Kier alpha value is -1.75. The number of esters is 1. The minimum atomic E-state index is -0.652. The first-order valence-corrected chi connectivity index (χ1v) is 7.22. The van der Waals surface area contributed by atoms with Gasteiger partial charge in [-0.25, -0.2) is 4.79 Å². The number of rotatable bonds is 8. The third kappa shape index (κ3) is 4.93. The summed E-state index contributed by atoms with van der Waals surface area (Å²) in [6, 6.07) is 5.15. The Balaban J connectivity index is 2.94. The molecule has 1 aromatic rings. The van der Waals surface area contributed by atoms with E-state index in [4.69, 9.17) is 14.2 Å². The van der Waals surface area contributed by atoms with Gasteiger partial charge in [-0.3, -0.25) is 0 Å². The second-order valence-electron chi connectivity index (χ2n) is 4.73. The number of methoxy groups -OCH3 is 1. The molecule has 118 valence electrons. The average molecular weight is 296 g/mol. The number of aliphatic hydroxyl groups is 1. The van der Waals surface area contributed by atoms with Crippen LogP contribution in [0.15, 0.2) is 18.2 Å². The number of hydrogen-bond acceptors (Lipinski definition) is 5. The second kappa shape index (κ2) is 8.52. The van der Waals surface area contributed by atoms with Gasteiger partial charge in [0.1, 0.15) is 0 Å². The number of aliphatic hydroxyl groups excluding tert-OH is 1. The lowest BCUT2D eigenvalue weighted by atomic mass is 10.1. The molecular formula is C16H24O5. The van der Waals surface area contributed by atoms with Gasteiger partial charge in [0.15, 0.2) is 17.6 Å². The zero-order valence-electron chi connectivity index (χ0n) is 13.1. The Labute approximate surface area is 125 Å². The van der Waals surface area contributed by atoms with Gasteiger partial charge in [0.2, 0.25) is 0 Å². The summed E-state index contributed by atoms with van der Waals surface area (Å²) >= 11 is 0. The van der Waals surface area contributed by atoms with Gasteiger partial charge in [-0.15, -0.1) is 0 Å². The first-order chi connectivity index (χ1) is 10.0. The Morgan fingerprint density at radius 1 is 1.29 bits per heavy atom. The Morgan fingerprint density at radius 3 is 2.52 bits per heavy atom. The van der Waals surface area contributed by atoms with Crippen LogP contribution in [0.4, 0.5) is 0 Å². The molecule has 0 radical (unpaired) electrons. The fraction of sp³-hybridized carbons (Fsp3) is 0.562. The maximum atomic E-state index is 11.9. The first-order valence-electron chi connectivity index (χ1n) is 7.22. The molecule has 2 atom stereocenters. The Kier molecular flexibility index (Phi) is 7.02. The molecule has 0 aliphatic carbocycles. The van der Waals surface area contributed by atoms with E-state index in [0.717, 1.165) is 12.0 Å². The predicted molar refractivity (Wildman–Crippen MR) is 79.6 cm³/mol. The second-order valence-corrected chi connectivity index (χ2v) is 4.73. The van der Waals surface area contributed by atoms with Crippen LogP contribution in [0.25, 0.3) is 0 Å². The van der Waals surface area contributed by atoms with Crippen LogP contribution < -0.4 is 9.47 Å². The molecule has 1 rings (SSSR count). The van der Waals surface area contributed by atoms with Crippen molar-refractivity contribution in [3.05, 3.63) is 23.8 Å². The summed E-state index contributed by atoms with van der Waals surface area (Å²) in [4.78, 5) is 11.9. The third-order valence-electron chi connectivity index (χ3n) is 3.04. The van der Waals surface area contributed by atoms with Crippen LogP contribution in [0, 0.1) is 0 Å². The van der Waals surface area contributed by atoms with Crippen LogP contribution in [-0.2, 0) is 9.53 Å². The summed E-state index contributed by atoms with van der Waals surface area (Å²) in [6.07, 6.45) is 0.128. The number of carbonyl (C=O) groups excluding carboxylic acids is 1. The smallest absolute Gasteiger partial charge is 0.347 e. The molecule has 0 aliphatic rings. The molecule has 0 fully saturated rings. The molecule has 0 saturated carbocycles. The summed E-state index contributed by atoms with van der Waals surface area (Å²) in [5.41, 5.74) is 0.724. The summed E-state index contributed by atoms with van der Waals surface area (Å²) < 4.78 is 16.0. The van der Waals surface area contributed by atoms with Crippen LogP contribution in [0.5, 0.6) is 11.5 Å². The van der Waals surface area contributed by atoms with E-state index < -0.39 is 12.2 Å². The maximum absolute atomic E-state index is 11.9. The van der Waals surface area contributed by atoms with E-state index in [1.807, 2.05) is 6.92 Å². The molecule has 21 heavy (non-hydrogen) atoms. The highest BCUT2D eigenvalue weighted by Gasteiger charge is 2.22. The molecular weight excluding hydrogens is 272 g/mol. The quantitative estimate of drug-likeness (QED) is 0.747. The minimum Gasteiger partial charge on any atom is -0.493 e. The first kappa shape index (κ1) is 17.3. The molecule has 1 aromatic carbocycles. The molecule has 0 heterocycles. The highest BCUT2D eigenvalue weighted by Crippen LogP contribution is 2.31. The standard InChI is InChI=1S/C16H24O5/c1-5-7-14(16(18)20-6-2)21-13-9-8-12(11(3)17)10-15(13)19-4/h8-11,14,17H,5-7H2,1-4H3. The van der Waals surface area contributed by atoms with Gasteiger partial charge in [-0.1, -0.05) is 19.4 Å². The lowest BCUT2D eigenvalue weighted by molar-refractivity contribution is -0.151. The molecule has 0 bridgehead atoms. The topological polar surface area (TPSA) is 65.0 Å². The van der Waals surface area contributed by atoms with E-state index in [1.54, 1.807) is 32.0 Å². The maximum Gasteiger partial charge on any atom is 0.347 e. The van der Waals surface area contributed by atoms with Crippen LogP contribution >= 0.6 is 0 Å². The van der Waals surface area contributed by atoms with Crippen molar-refractivity contribution in [3.8, 4) is 11.5 Å². The molecule has 1 N–H and O–H groups in total. The van der Waals surface area contributed by atoms with Crippen LogP contribution in [0.2, 0.25) is 0 Å². The molecule has 2 unspecified atom stereocenters. The van der Waals surface area contributed by atoms with Crippen molar-refractivity contribution in [3.63, 3.8) is 0 Å². The van der Waals surface area contributed by atoms with E-state index in [2.05, 4.69) is 0 Å². The van der Waals surface area contributed by atoms with Gasteiger partial charge in [0.25, 0.3) is 0 Å². The molecule has 0 aromatic heterocycles. The van der Waals surface area contributed by atoms with Gasteiger partial charge < -0.3 is 19.3 Å². The summed E-state index contributed by atoms with van der Waals surface area (Å²) in [5, 5.41) is 9.59. The zero-order valence-corrected chi connectivity index (χ0v) is 13.1. The summed E-state index contributed by atoms with van der Waals surface area (Å²) in [5.74, 6) is 0.577. The van der Waals surface area contributed by atoms with Crippen LogP contribution in [0.1, 0.15) is 45.3 Å². The number of ether oxygens (including phenoxy) is 3. The highest BCUT2D eigenvalue weighted by molar-refractivity contribution is 5.75. The zero-order chi connectivity index (χ0) is 15.8. The molecule has 5 heteroatoms. The lowest BCUT2D eigenvalue weighted by Gasteiger charge is -2.19. The lowest BCUT2D eigenvalue weighted by Crippen LogP contribution is -2.29. The molecule has 5 nitrogen and oxygen atoms in total. The normalized spacial score (nSPS) is 13.4.